The summed E-state index contributed by atoms with van der Waals surface area (Å²) < 4.78 is 0. The molecule has 1 fully saturated rings. The SMILES string of the molecule is CC(C)(C)c1ccc(/C=C2/NC(=S)NC2=O)cc1. The summed E-state index contributed by atoms with van der Waals surface area (Å²) in [5, 5.41) is 5.72. The van der Waals surface area contributed by atoms with Gasteiger partial charge in [0.15, 0.2) is 5.11 Å². The molecule has 0 atom stereocenters. The molecule has 0 aromatic heterocycles. The van der Waals surface area contributed by atoms with E-state index in [2.05, 4.69) is 43.5 Å². The van der Waals surface area contributed by atoms with Gasteiger partial charge < -0.3 is 5.32 Å². The molecule has 0 saturated carbocycles. The molecule has 1 aromatic carbocycles. The lowest BCUT2D eigenvalue weighted by Gasteiger charge is -2.18. The molecule has 2 N–H and O–H groups in total. The molecule has 1 amide bonds. The molecule has 18 heavy (non-hydrogen) atoms. The van der Waals surface area contributed by atoms with Crippen LogP contribution in [0.3, 0.4) is 0 Å². The van der Waals surface area contributed by atoms with Crippen LogP contribution in [0.5, 0.6) is 0 Å². The first kappa shape index (κ1) is 12.8. The summed E-state index contributed by atoms with van der Waals surface area (Å²) in [5.74, 6) is -0.181. The summed E-state index contributed by atoms with van der Waals surface area (Å²) in [5.41, 5.74) is 2.87. The van der Waals surface area contributed by atoms with Gasteiger partial charge in [-0.15, -0.1) is 0 Å². The van der Waals surface area contributed by atoms with E-state index in [1.807, 2.05) is 12.1 Å². The Balaban J connectivity index is 2.24. The van der Waals surface area contributed by atoms with E-state index >= 15 is 0 Å². The molecule has 1 aliphatic heterocycles. The number of thiocarbonyl (C=S) groups is 1. The van der Waals surface area contributed by atoms with Crippen molar-refractivity contribution >= 4 is 29.3 Å². The van der Waals surface area contributed by atoms with Crippen molar-refractivity contribution in [2.45, 2.75) is 26.2 Å². The van der Waals surface area contributed by atoms with Crippen LogP contribution in [0.4, 0.5) is 0 Å². The van der Waals surface area contributed by atoms with E-state index in [0.29, 0.717) is 10.8 Å². The molecule has 0 aliphatic carbocycles. The van der Waals surface area contributed by atoms with Crippen molar-refractivity contribution in [2.24, 2.45) is 0 Å². The van der Waals surface area contributed by atoms with E-state index in [0.717, 1.165) is 5.56 Å². The first-order valence-electron chi connectivity index (χ1n) is 5.81. The minimum Gasteiger partial charge on any atom is -0.328 e. The van der Waals surface area contributed by atoms with Gasteiger partial charge in [0.25, 0.3) is 5.91 Å². The van der Waals surface area contributed by atoms with Gasteiger partial charge in [-0.25, -0.2) is 0 Å². The highest BCUT2D eigenvalue weighted by atomic mass is 32.1. The van der Waals surface area contributed by atoms with E-state index in [4.69, 9.17) is 12.2 Å². The van der Waals surface area contributed by atoms with Crippen LogP contribution in [-0.4, -0.2) is 11.0 Å². The second-order valence-electron chi connectivity index (χ2n) is 5.34. The van der Waals surface area contributed by atoms with Crippen molar-refractivity contribution in [1.82, 2.24) is 10.6 Å². The Bertz CT molecular complexity index is 524. The van der Waals surface area contributed by atoms with Gasteiger partial charge in [-0.1, -0.05) is 45.0 Å². The lowest BCUT2D eigenvalue weighted by Crippen LogP contribution is -2.21. The minimum absolute atomic E-state index is 0.135. The van der Waals surface area contributed by atoms with Crippen LogP contribution < -0.4 is 10.6 Å². The van der Waals surface area contributed by atoms with Crippen LogP contribution in [0.2, 0.25) is 0 Å². The average molecular weight is 260 g/mol. The molecule has 0 spiro atoms. The zero-order valence-corrected chi connectivity index (χ0v) is 11.5. The van der Waals surface area contributed by atoms with Crippen LogP contribution in [0, 0.1) is 0 Å². The molecule has 2 rings (SSSR count). The number of hydrogen-bond acceptors (Lipinski definition) is 2. The third kappa shape index (κ3) is 2.76. The van der Waals surface area contributed by atoms with Crippen LogP contribution in [0.25, 0.3) is 6.08 Å². The molecule has 0 bridgehead atoms. The van der Waals surface area contributed by atoms with E-state index in [9.17, 15) is 4.79 Å². The third-order valence-electron chi connectivity index (χ3n) is 2.81. The van der Waals surface area contributed by atoms with Gasteiger partial charge in [-0.3, -0.25) is 10.1 Å². The summed E-state index contributed by atoms with van der Waals surface area (Å²) in [4.78, 5) is 11.5. The number of carbonyl (C=O) groups excluding carboxylic acids is 1. The maximum Gasteiger partial charge on any atom is 0.273 e. The van der Waals surface area contributed by atoms with E-state index < -0.39 is 0 Å². The number of carbonyl (C=O) groups is 1. The van der Waals surface area contributed by atoms with Gasteiger partial charge >= 0.3 is 0 Å². The van der Waals surface area contributed by atoms with Crippen molar-refractivity contribution in [3.05, 3.63) is 41.1 Å². The average Bonchev–Trinajstić information content (AvgIpc) is 2.57. The molecule has 1 aliphatic rings. The molecule has 3 nitrogen and oxygen atoms in total. The Hall–Kier alpha value is -1.68. The monoisotopic (exact) mass is 260 g/mol. The lowest BCUT2D eigenvalue weighted by molar-refractivity contribution is -0.115. The highest BCUT2D eigenvalue weighted by molar-refractivity contribution is 7.80. The van der Waals surface area contributed by atoms with Crippen molar-refractivity contribution < 1.29 is 4.79 Å². The van der Waals surface area contributed by atoms with Crippen molar-refractivity contribution in [2.75, 3.05) is 0 Å². The Morgan fingerprint density at radius 1 is 1.11 bits per heavy atom. The standard InChI is InChI=1S/C14H16N2OS/c1-14(2,3)10-6-4-9(5-7-10)8-11-12(17)16-13(18)15-11/h4-8H,1-3H3,(H2,15,16,17,18)/b11-8+. The largest absolute Gasteiger partial charge is 0.328 e. The van der Waals surface area contributed by atoms with Crippen molar-refractivity contribution in [3.8, 4) is 0 Å². The summed E-state index contributed by atoms with van der Waals surface area (Å²) in [6.45, 7) is 6.51. The predicted molar refractivity (Wildman–Crippen MR) is 77.0 cm³/mol. The molecular formula is C14H16N2OS. The highest BCUT2D eigenvalue weighted by Gasteiger charge is 2.20. The Morgan fingerprint density at radius 3 is 2.17 bits per heavy atom. The number of amides is 1. The van der Waals surface area contributed by atoms with Gasteiger partial charge in [0.1, 0.15) is 5.70 Å². The minimum atomic E-state index is -0.181. The fraction of sp³-hybridized carbons (Fsp3) is 0.286. The smallest absolute Gasteiger partial charge is 0.273 e. The Labute approximate surface area is 112 Å². The molecule has 1 saturated heterocycles. The quantitative estimate of drug-likeness (QED) is 0.601. The molecule has 0 unspecified atom stereocenters. The number of nitrogens with one attached hydrogen (secondary N) is 2. The number of hydrogen-bond donors (Lipinski definition) is 2. The Kier molecular flexibility index (Phi) is 3.22. The van der Waals surface area contributed by atoms with Crippen molar-refractivity contribution in [1.29, 1.82) is 0 Å². The summed E-state index contributed by atoms with van der Waals surface area (Å²) in [6.07, 6.45) is 1.79. The van der Waals surface area contributed by atoms with Gasteiger partial charge in [-0.2, -0.15) is 0 Å². The molecular weight excluding hydrogens is 244 g/mol. The molecule has 4 heteroatoms. The second-order valence-corrected chi connectivity index (χ2v) is 5.75. The fourth-order valence-electron chi connectivity index (χ4n) is 1.73. The van der Waals surface area contributed by atoms with E-state index in [1.54, 1.807) is 6.08 Å². The van der Waals surface area contributed by atoms with Crippen LogP contribution in [-0.2, 0) is 10.2 Å². The topological polar surface area (TPSA) is 41.1 Å². The zero-order chi connectivity index (χ0) is 13.3. The maximum absolute atomic E-state index is 11.5. The number of benzene rings is 1. The van der Waals surface area contributed by atoms with Gasteiger partial charge in [0, 0.05) is 0 Å². The normalized spacial score (nSPS) is 17.8. The first-order valence-corrected chi connectivity index (χ1v) is 6.22. The molecule has 0 radical (unpaired) electrons. The number of rotatable bonds is 1. The Morgan fingerprint density at radius 2 is 1.72 bits per heavy atom. The van der Waals surface area contributed by atoms with Gasteiger partial charge in [-0.05, 0) is 34.8 Å². The first-order chi connectivity index (χ1) is 8.36. The maximum atomic E-state index is 11.5. The third-order valence-corrected chi connectivity index (χ3v) is 3.01. The van der Waals surface area contributed by atoms with E-state index in [1.165, 1.54) is 5.56 Å². The lowest BCUT2D eigenvalue weighted by atomic mass is 9.87. The van der Waals surface area contributed by atoms with Crippen LogP contribution >= 0.6 is 12.2 Å². The highest BCUT2D eigenvalue weighted by Crippen LogP contribution is 2.22. The molecule has 94 valence electrons. The molecule has 1 heterocycles. The summed E-state index contributed by atoms with van der Waals surface area (Å²) in [7, 11) is 0. The van der Waals surface area contributed by atoms with Gasteiger partial charge in [0.05, 0.1) is 0 Å². The van der Waals surface area contributed by atoms with Crippen molar-refractivity contribution in [3.63, 3.8) is 0 Å². The fourth-order valence-corrected chi connectivity index (χ4v) is 1.93. The predicted octanol–water partition coefficient (Wildman–Crippen LogP) is 2.33. The van der Waals surface area contributed by atoms with Crippen LogP contribution in [0.15, 0.2) is 30.0 Å². The molecule has 1 aromatic rings. The second kappa shape index (κ2) is 4.53. The van der Waals surface area contributed by atoms with Gasteiger partial charge in [0.2, 0.25) is 0 Å². The summed E-state index contributed by atoms with van der Waals surface area (Å²) >= 11 is 4.88. The zero-order valence-electron chi connectivity index (χ0n) is 10.7. The van der Waals surface area contributed by atoms with Crippen LogP contribution in [0.1, 0.15) is 31.9 Å². The van der Waals surface area contributed by atoms with E-state index in [-0.39, 0.29) is 11.3 Å². The summed E-state index contributed by atoms with van der Waals surface area (Å²) in [6, 6.07) is 8.17.